The van der Waals surface area contributed by atoms with Gasteiger partial charge in [0, 0.05) is 0 Å². The zero-order chi connectivity index (χ0) is 11.6. The smallest absolute Gasteiger partial charge is 0.0537 e. The lowest BCUT2D eigenvalue weighted by molar-refractivity contribution is 0.120. The Hall–Kier alpha value is -0.300. The first-order valence-electron chi connectivity index (χ1n) is 6.21. The van der Waals surface area contributed by atoms with Crippen LogP contribution in [-0.4, -0.2) is 11.2 Å². The largest absolute Gasteiger partial charge is 0.393 e. The van der Waals surface area contributed by atoms with E-state index in [9.17, 15) is 5.11 Å². The second-order valence-corrected chi connectivity index (χ2v) is 5.84. The Labute approximate surface area is 94.6 Å². The normalized spacial score (nSPS) is 28.7. The fourth-order valence-corrected chi connectivity index (χ4v) is 2.38. The quantitative estimate of drug-likeness (QED) is 0.700. The molecule has 0 fully saturated rings. The minimum Gasteiger partial charge on any atom is -0.393 e. The number of rotatable bonds is 4. The van der Waals surface area contributed by atoms with Gasteiger partial charge in [-0.2, -0.15) is 0 Å². The minimum atomic E-state index is -0.163. The number of hydrogen-bond acceptors (Lipinski definition) is 1. The summed E-state index contributed by atoms with van der Waals surface area (Å²) < 4.78 is 0. The van der Waals surface area contributed by atoms with Crippen molar-refractivity contribution in [1.82, 2.24) is 0 Å². The molecule has 0 radical (unpaired) electrons. The van der Waals surface area contributed by atoms with Crippen molar-refractivity contribution < 1.29 is 5.11 Å². The van der Waals surface area contributed by atoms with Crippen molar-refractivity contribution in [2.24, 2.45) is 17.3 Å². The lowest BCUT2D eigenvalue weighted by Crippen LogP contribution is -2.22. The molecule has 0 unspecified atom stereocenters. The third-order valence-corrected chi connectivity index (χ3v) is 4.54. The summed E-state index contributed by atoms with van der Waals surface area (Å²) in [5, 5.41) is 9.46. The Bertz CT molecular complexity index is 238. The third kappa shape index (κ3) is 2.84. The maximum absolute atomic E-state index is 9.46. The predicted octanol–water partition coefficient (Wildman–Crippen LogP) is 3.78. The van der Waals surface area contributed by atoms with Crippen LogP contribution in [0.2, 0.25) is 0 Å². The molecule has 0 aromatic carbocycles. The fraction of sp³-hybridized carbons (Fsp3) is 0.857. The van der Waals surface area contributed by atoms with Gasteiger partial charge in [-0.3, -0.25) is 0 Å². The molecule has 0 aliphatic heterocycles. The van der Waals surface area contributed by atoms with Crippen molar-refractivity contribution in [3.8, 4) is 0 Å². The summed E-state index contributed by atoms with van der Waals surface area (Å²) in [6.45, 7) is 11.0. The number of hydrogen-bond donors (Lipinski definition) is 1. The van der Waals surface area contributed by atoms with E-state index in [0.29, 0.717) is 11.3 Å². The van der Waals surface area contributed by atoms with E-state index in [2.05, 4.69) is 33.8 Å². The molecule has 1 heteroatoms. The van der Waals surface area contributed by atoms with Gasteiger partial charge in [-0.1, -0.05) is 32.4 Å². The average Bonchev–Trinajstić information content (AvgIpc) is 2.39. The van der Waals surface area contributed by atoms with Crippen LogP contribution in [0.5, 0.6) is 0 Å². The second kappa shape index (κ2) is 4.69. The summed E-state index contributed by atoms with van der Waals surface area (Å²) in [5.41, 5.74) is 1.91. The molecule has 88 valence electrons. The van der Waals surface area contributed by atoms with Crippen LogP contribution in [0.25, 0.3) is 0 Å². The maximum atomic E-state index is 9.46. The highest BCUT2D eigenvalue weighted by Gasteiger charge is 2.34. The molecule has 1 aliphatic carbocycles. The Kier molecular flexibility index (Phi) is 3.99. The molecule has 0 heterocycles. The highest BCUT2D eigenvalue weighted by Crippen LogP contribution is 2.45. The summed E-state index contributed by atoms with van der Waals surface area (Å²) in [7, 11) is 0. The van der Waals surface area contributed by atoms with Gasteiger partial charge in [0.2, 0.25) is 0 Å². The average molecular weight is 210 g/mol. The molecule has 1 nitrogen and oxygen atoms in total. The van der Waals surface area contributed by atoms with Gasteiger partial charge in [-0.15, -0.1) is 0 Å². The summed E-state index contributed by atoms with van der Waals surface area (Å²) in [4.78, 5) is 0. The molecule has 0 aromatic heterocycles. The summed E-state index contributed by atoms with van der Waals surface area (Å²) in [6.07, 6.45) is 5.84. The van der Waals surface area contributed by atoms with E-state index in [1.54, 1.807) is 0 Å². The topological polar surface area (TPSA) is 20.2 Å². The summed E-state index contributed by atoms with van der Waals surface area (Å²) in [6, 6.07) is 0. The molecule has 1 aliphatic rings. The van der Waals surface area contributed by atoms with Gasteiger partial charge in [0.25, 0.3) is 0 Å². The third-order valence-electron chi connectivity index (χ3n) is 4.54. The molecule has 0 amide bonds. The van der Waals surface area contributed by atoms with Crippen molar-refractivity contribution in [3.63, 3.8) is 0 Å². The van der Waals surface area contributed by atoms with Crippen molar-refractivity contribution >= 4 is 0 Å². The zero-order valence-corrected chi connectivity index (χ0v) is 10.9. The van der Waals surface area contributed by atoms with Gasteiger partial charge in [0.1, 0.15) is 0 Å². The molecule has 0 spiro atoms. The summed E-state index contributed by atoms with van der Waals surface area (Å²) in [5.74, 6) is 1.21. The van der Waals surface area contributed by atoms with E-state index < -0.39 is 0 Å². The molecular weight excluding hydrogens is 184 g/mol. The van der Waals surface area contributed by atoms with Crippen molar-refractivity contribution in [3.05, 3.63) is 11.6 Å². The minimum absolute atomic E-state index is 0.163. The van der Waals surface area contributed by atoms with Gasteiger partial charge < -0.3 is 5.11 Å². The van der Waals surface area contributed by atoms with Crippen molar-refractivity contribution in [1.29, 1.82) is 0 Å². The molecule has 3 atom stereocenters. The highest BCUT2D eigenvalue weighted by molar-refractivity contribution is 5.18. The van der Waals surface area contributed by atoms with Gasteiger partial charge in [-0.25, -0.2) is 0 Å². The predicted molar refractivity (Wildman–Crippen MR) is 65.7 cm³/mol. The first kappa shape index (κ1) is 12.8. The molecule has 15 heavy (non-hydrogen) atoms. The van der Waals surface area contributed by atoms with E-state index in [1.807, 2.05) is 6.92 Å². The molecule has 1 N–H and O–H groups in total. The van der Waals surface area contributed by atoms with Crippen LogP contribution < -0.4 is 0 Å². The molecular formula is C14H26O. The first-order valence-corrected chi connectivity index (χ1v) is 6.21. The van der Waals surface area contributed by atoms with Crippen LogP contribution in [-0.2, 0) is 0 Å². The molecule has 0 saturated carbocycles. The van der Waals surface area contributed by atoms with Crippen LogP contribution in [0.15, 0.2) is 11.6 Å². The number of aliphatic hydroxyl groups is 1. The van der Waals surface area contributed by atoms with E-state index in [1.165, 1.54) is 18.4 Å². The monoisotopic (exact) mass is 210 g/mol. The first-order chi connectivity index (χ1) is 6.85. The van der Waals surface area contributed by atoms with E-state index >= 15 is 0 Å². The van der Waals surface area contributed by atoms with E-state index in [-0.39, 0.29) is 6.10 Å². The van der Waals surface area contributed by atoms with Crippen LogP contribution >= 0.6 is 0 Å². The molecule has 0 aromatic rings. The van der Waals surface area contributed by atoms with Gasteiger partial charge in [0.15, 0.2) is 0 Å². The van der Waals surface area contributed by atoms with Crippen LogP contribution in [0, 0.1) is 17.3 Å². The standard InChI is InChI=1S/C14H26O/c1-10(12(3)15)6-8-13-9-7-11(2)14(13,4)5/h7,10,12-13,15H,6,8-9H2,1-5H3/t10-,12+,13-/m0/s1. The van der Waals surface area contributed by atoms with E-state index in [4.69, 9.17) is 0 Å². The summed E-state index contributed by atoms with van der Waals surface area (Å²) >= 11 is 0. The Morgan fingerprint density at radius 2 is 2.07 bits per heavy atom. The number of aliphatic hydroxyl groups excluding tert-OH is 1. The molecule has 0 bridgehead atoms. The van der Waals surface area contributed by atoms with Crippen molar-refractivity contribution in [2.45, 2.75) is 60.0 Å². The van der Waals surface area contributed by atoms with Crippen molar-refractivity contribution in [2.75, 3.05) is 0 Å². The van der Waals surface area contributed by atoms with Crippen LogP contribution in [0.3, 0.4) is 0 Å². The highest BCUT2D eigenvalue weighted by atomic mass is 16.3. The lowest BCUT2D eigenvalue weighted by atomic mass is 9.74. The molecule has 0 saturated heterocycles. The second-order valence-electron chi connectivity index (χ2n) is 5.84. The molecule has 1 rings (SSSR count). The van der Waals surface area contributed by atoms with Crippen LogP contribution in [0.1, 0.15) is 53.9 Å². The number of allylic oxidation sites excluding steroid dienone is 2. The Morgan fingerprint density at radius 3 is 2.47 bits per heavy atom. The van der Waals surface area contributed by atoms with Gasteiger partial charge >= 0.3 is 0 Å². The SMILES string of the molecule is CC1=CC[C@H](CC[C@H](C)[C@@H](C)O)C1(C)C. The lowest BCUT2D eigenvalue weighted by Gasteiger charge is -2.30. The van der Waals surface area contributed by atoms with Gasteiger partial charge in [-0.05, 0) is 50.4 Å². The van der Waals surface area contributed by atoms with Crippen LogP contribution in [0.4, 0.5) is 0 Å². The zero-order valence-electron chi connectivity index (χ0n) is 10.9. The Morgan fingerprint density at radius 1 is 1.47 bits per heavy atom. The fourth-order valence-electron chi connectivity index (χ4n) is 2.38. The van der Waals surface area contributed by atoms with Gasteiger partial charge in [0.05, 0.1) is 6.10 Å². The maximum Gasteiger partial charge on any atom is 0.0537 e. The Balaban J connectivity index is 2.42. The van der Waals surface area contributed by atoms with E-state index in [0.717, 1.165) is 12.3 Å².